The maximum atomic E-state index is 11.4. The second kappa shape index (κ2) is 4.59. The molecule has 0 atom stereocenters. The van der Waals surface area contributed by atoms with Crippen LogP contribution >= 0.6 is 11.6 Å². The lowest BCUT2D eigenvalue weighted by Crippen LogP contribution is -2.04. The monoisotopic (exact) mass is 251 g/mol. The van der Waals surface area contributed by atoms with Gasteiger partial charge < -0.3 is 9.47 Å². The fraction of sp³-hybridized carbons (Fsp3) is 0.167. The molecule has 0 aliphatic rings. The number of ether oxygens (including phenoxy) is 2. The summed E-state index contributed by atoms with van der Waals surface area (Å²) in [5.74, 6) is 0.166. The van der Waals surface area contributed by atoms with Gasteiger partial charge in [0.15, 0.2) is 0 Å². The van der Waals surface area contributed by atoms with E-state index in [0.29, 0.717) is 16.3 Å². The van der Waals surface area contributed by atoms with Crippen LogP contribution < -0.4 is 4.74 Å². The molecule has 1 heterocycles. The van der Waals surface area contributed by atoms with E-state index in [0.717, 1.165) is 5.39 Å². The lowest BCUT2D eigenvalue weighted by Gasteiger charge is -2.07. The van der Waals surface area contributed by atoms with E-state index in [4.69, 9.17) is 16.3 Å². The molecule has 0 aliphatic carbocycles. The fourth-order valence-electron chi connectivity index (χ4n) is 1.55. The number of aromatic nitrogens is 1. The first-order valence-electron chi connectivity index (χ1n) is 4.89. The van der Waals surface area contributed by atoms with E-state index in [1.54, 1.807) is 31.4 Å². The molecule has 1 aromatic carbocycles. The minimum Gasteiger partial charge on any atom is -0.496 e. The van der Waals surface area contributed by atoms with Gasteiger partial charge in [0, 0.05) is 5.39 Å². The molecule has 0 spiro atoms. The number of nitrogens with zero attached hydrogens (tertiary/aromatic N) is 1. The Morgan fingerprint density at radius 2 is 2.00 bits per heavy atom. The quantitative estimate of drug-likeness (QED) is 0.770. The van der Waals surface area contributed by atoms with Gasteiger partial charge in [0.2, 0.25) is 0 Å². The van der Waals surface area contributed by atoms with Crippen LogP contribution in [-0.4, -0.2) is 25.2 Å². The van der Waals surface area contributed by atoms with Crippen molar-refractivity contribution in [2.24, 2.45) is 0 Å². The third kappa shape index (κ3) is 2.03. The summed E-state index contributed by atoms with van der Waals surface area (Å²) in [5.41, 5.74) is 0.740. The third-order valence-electron chi connectivity index (χ3n) is 2.38. The zero-order valence-electron chi connectivity index (χ0n) is 9.36. The highest BCUT2D eigenvalue weighted by Gasteiger charge is 2.12. The normalized spacial score (nSPS) is 10.3. The molecule has 5 heteroatoms. The number of pyridine rings is 1. The van der Waals surface area contributed by atoms with E-state index < -0.39 is 5.97 Å². The molecule has 0 amide bonds. The Morgan fingerprint density at radius 3 is 2.65 bits per heavy atom. The summed E-state index contributed by atoms with van der Waals surface area (Å²) in [6, 6.07) is 6.74. The first-order valence-corrected chi connectivity index (χ1v) is 5.26. The lowest BCUT2D eigenvalue weighted by molar-refractivity contribution is 0.0594. The number of rotatable bonds is 2. The highest BCUT2D eigenvalue weighted by molar-refractivity contribution is 6.35. The van der Waals surface area contributed by atoms with Crippen LogP contribution in [-0.2, 0) is 4.74 Å². The molecule has 0 unspecified atom stereocenters. The van der Waals surface area contributed by atoms with Crippen molar-refractivity contribution >= 4 is 28.5 Å². The summed E-state index contributed by atoms with van der Waals surface area (Å²) >= 11 is 6.04. The first-order chi connectivity index (χ1) is 8.17. The molecule has 2 rings (SSSR count). The van der Waals surface area contributed by atoms with Gasteiger partial charge in [0.05, 0.1) is 24.8 Å². The number of esters is 1. The number of hydrogen-bond acceptors (Lipinski definition) is 4. The van der Waals surface area contributed by atoms with Crippen molar-refractivity contribution in [2.45, 2.75) is 0 Å². The molecular formula is C12H10ClNO3. The van der Waals surface area contributed by atoms with E-state index in [1.807, 2.05) is 0 Å². The number of halogens is 1. The molecule has 0 N–H and O–H groups in total. The van der Waals surface area contributed by atoms with Gasteiger partial charge in [-0.15, -0.1) is 0 Å². The van der Waals surface area contributed by atoms with E-state index in [-0.39, 0.29) is 5.69 Å². The summed E-state index contributed by atoms with van der Waals surface area (Å²) in [5, 5.41) is 1.22. The Bertz CT molecular complexity index is 583. The molecule has 17 heavy (non-hydrogen) atoms. The Hall–Kier alpha value is -1.81. The summed E-state index contributed by atoms with van der Waals surface area (Å²) in [7, 11) is 2.87. The smallest absolute Gasteiger partial charge is 0.356 e. The molecule has 1 aromatic heterocycles. The van der Waals surface area contributed by atoms with E-state index in [9.17, 15) is 4.79 Å². The predicted molar refractivity (Wildman–Crippen MR) is 64.6 cm³/mol. The van der Waals surface area contributed by atoms with Crippen LogP contribution in [0.15, 0.2) is 24.3 Å². The van der Waals surface area contributed by atoms with Gasteiger partial charge in [0.25, 0.3) is 0 Å². The number of carbonyl (C=O) groups is 1. The first kappa shape index (κ1) is 11.7. The molecule has 2 aromatic rings. The van der Waals surface area contributed by atoms with E-state index in [1.165, 1.54) is 7.11 Å². The van der Waals surface area contributed by atoms with Crippen LogP contribution in [0.4, 0.5) is 0 Å². The molecule has 0 saturated carbocycles. The SMILES string of the molecule is COC(=O)c1ccc2c(OC)ccc(Cl)c2n1. The third-order valence-corrected chi connectivity index (χ3v) is 2.69. The minimum absolute atomic E-state index is 0.218. The Labute approximate surface area is 103 Å². The zero-order chi connectivity index (χ0) is 12.4. The summed E-state index contributed by atoms with van der Waals surface area (Å²) in [4.78, 5) is 15.5. The van der Waals surface area contributed by atoms with Gasteiger partial charge in [0.1, 0.15) is 11.4 Å². The van der Waals surface area contributed by atoms with E-state index >= 15 is 0 Å². The van der Waals surface area contributed by atoms with Crippen molar-refractivity contribution in [3.8, 4) is 5.75 Å². The number of methoxy groups -OCH3 is 2. The molecule has 0 aliphatic heterocycles. The molecule has 0 saturated heterocycles. The highest BCUT2D eigenvalue weighted by Crippen LogP contribution is 2.30. The van der Waals surface area contributed by atoms with Gasteiger partial charge in [-0.25, -0.2) is 9.78 Å². The number of fused-ring (bicyclic) bond motifs is 1. The van der Waals surface area contributed by atoms with Gasteiger partial charge in [-0.1, -0.05) is 11.6 Å². The minimum atomic E-state index is -0.495. The fourth-order valence-corrected chi connectivity index (χ4v) is 1.76. The van der Waals surface area contributed by atoms with Crippen LogP contribution in [0.3, 0.4) is 0 Å². The summed E-state index contributed by atoms with van der Waals surface area (Å²) in [6.45, 7) is 0. The van der Waals surface area contributed by atoms with Gasteiger partial charge in [-0.2, -0.15) is 0 Å². The average Bonchev–Trinajstić information content (AvgIpc) is 2.38. The predicted octanol–water partition coefficient (Wildman–Crippen LogP) is 2.68. The maximum Gasteiger partial charge on any atom is 0.356 e. The van der Waals surface area contributed by atoms with Gasteiger partial charge >= 0.3 is 5.97 Å². The topological polar surface area (TPSA) is 48.4 Å². The molecule has 0 fully saturated rings. The van der Waals surface area contributed by atoms with Crippen LogP contribution in [0.2, 0.25) is 5.02 Å². The van der Waals surface area contributed by atoms with Gasteiger partial charge in [-0.3, -0.25) is 0 Å². The lowest BCUT2D eigenvalue weighted by atomic mass is 10.2. The number of benzene rings is 1. The Kier molecular flexibility index (Phi) is 3.15. The molecular weight excluding hydrogens is 242 g/mol. The van der Waals surface area contributed by atoms with Crippen molar-refractivity contribution in [3.63, 3.8) is 0 Å². The van der Waals surface area contributed by atoms with Crippen molar-refractivity contribution in [2.75, 3.05) is 14.2 Å². The molecule has 0 bridgehead atoms. The second-order valence-corrected chi connectivity index (χ2v) is 3.74. The highest BCUT2D eigenvalue weighted by atomic mass is 35.5. The van der Waals surface area contributed by atoms with Crippen molar-refractivity contribution in [1.82, 2.24) is 4.98 Å². The van der Waals surface area contributed by atoms with Crippen molar-refractivity contribution in [3.05, 3.63) is 35.0 Å². The number of carbonyl (C=O) groups excluding carboxylic acids is 1. The average molecular weight is 252 g/mol. The van der Waals surface area contributed by atoms with Crippen LogP contribution in [0.5, 0.6) is 5.75 Å². The standard InChI is InChI=1S/C12H10ClNO3/c1-16-10-6-4-8(13)11-7(10)3-5-9(14-11)12(15)17-2/h3-6H,1-2H3. The second-order valence-electron chi connectivity index (χ2n) is 3.33. The maximum absolute atomic E-state index is 11.4. The summed E-state index contributed by atoms with van der Waals surface area (Å²) in [6.07, 6.45) is 0. The number of hydrogen-bond donors (Lipinski definition) is 0. The van der Waals surface area contributed by atoms with Crippen LogP contribution in [0.1, 0.15) is 10.5 Å². The van der Waals surface area contributed by atoms with Gasteiger partial charge in [-0.05, 0) is 24.3 Å². The molecule has 4 nitrogen and oxygen atoms in total. The zero-order valence-corrected chi connectivity index (χ0v) is 10.1. The Balaban J connectivity index is 2.69. The molecule has 88 valence electrons. The van der Waals surface area contributed by atoms with Crippen LogP contribution in [0.25, 0.3) is 10.9 Å². The van der Waals surface area contributed by atoms with Crippen molar-refractivity contribution in [1.29, 1.82) is 0 Å². The van der Waals surface area contributed by atoms with Crippen molar-refractivity contribution < 1.29 is 14.3 Å². The summed E-state index contributed by atoms with van der Waals surface area (Å²) < 4.78 is 9.80. The van der Waals surface area contributed by atoms with Crippen LogP contribution in [0, 0.1) is 0 Å². The largest absolute Gasteiger partial charge is 0.496 e. The Morgan fingerprint density at radius 1 is 1.24 bits per heavy atom. The molecule has 0 radical (unpaired) electrons. The van der Waals surface area contributed by atoms with E-state index in [2.05, 4.69) is 9.72 Å².